The van der Waals surface area contributed by atoms with Gasteiger partial charge in [0, 0.05) is 6.20 Å². The molecule has 9 heteroatoms. The Morgan fingerprint density at radius 3 is 2.38 bits per heavy atom. The van der Waals surface area contributed by atoms with Gasteiger partial charge in [0.15, 0.2) is 0 Å². The Morgan fingerprint density at radius 1 is 1.50 bits per heavy atom. The third kappa shape index (κ3) is 9.12. The molecule has 0 saturated carbocycles. The molecule has 0 aliphatic heterocycles. The van der Waals surface area contributed by atoms with E-state index in [-0.39, 0.29) is 6.42 Å². The zero-order chi connectivity index (χ0) is 12.6. The second-order valence-electron chi connectivity index (χ2n) is 2.64. The summed E-state index contributed by atoms with van der Waals surface area (Å²) in [4.78, 5) is 16.4. The van der Waals surface area contributed by atoms with Gasteiger partial charge in [0.25, 0.3) is 10.1 Å². The van der Waals surface area contributed by atoms with Crippen molar-refractivity contribution in [1.82, 2.24) is 9.97 Å². The molecule has 0 bridgehead atoms. The third-order valence-corrected chi connectivity index (χ3v) is 1.93. The first kappa shape index (κ1) is 14.6. The summed E-state index contributed by atoms with van der Waals surface area (Å²) < 4.78 is 27.1. The van der Waals surface area contributed by atoms with Crippen molar-refractivity contribution in [2.75, 3.05) is 12.4 Å². The Hall–Kier alpha value is -1.45. The highest BCUT2D eigenvalue weighted by molar-refractivity contribution is 7.85. The topological polar surface area (TPSA) is 141 Å². The number of aromatic nitrogens is 2. The SMILES string of the molecule is O=C(O)Cc1c[nH]cn1.O=S(=O)(O)CCO. The number of carboxylic acids is 1. The van der Waals surface area contributed by atoms with Crippen LogP contribution in [-0.4, -0.2) is 51.5 Å². The molecule has 8 nitrogen and oxygen atoms in total. The molecule has 1 aromatic rings. The number of hydrogen-bond acceptors (Lipinski definition) is 5. The summed E-state index contributed by atoms with van der Waals surface area (Å²) in [5.74, 6) is -1.44. The van der Waals surface area contributed by atoms with Crippen molar-refractivity contribution < 1.29 is 28.0 Å². The maximum atomic E-state index is 10.0. The number of hydrogen-bond donors (Lipinski definition) is 4. The molecular weight excluding hydrogens is 240 g/mol. The van der Waals surface area contributed by atoms with E-state index in [1.807, 2.05) is 0 Å². The number of carbonyl (C=O) groups is 1. The molecule has 0 aliphatic carbocycles. The van der Waals surface area contributed by atoms with Gasteiger partial charge in [0.2, 0.25) is 0 Å². The lowest BCUT2D eigenvalue weighted by Gasteiger charge is -1.85. The second kappa shape index (κ2) is 6.93. The van der Waals surface area contributed by atoms with Crippen LogP contribution in [0.25, 0.3) is 0 Å². The summed E-state index contributed by atoms with van der Waals surface area (Å²) in [7, 11) is -3.92. The Kier molecular flexibility index (Phi) is 6.30. The maximum Gasteiger partial charge on any atom is 0.309 e. The van der Waals surface area contributed by atoms with E-state index >= 15 is 0 Å². The van der Waals surface area contributed by atoms with Gasteiger partial charge in [-0.05, 0) is 0 Å². The number of aromatic amines is 1. The summed E-state index contributed by atoms with van der Waals surface area (Å²) in [5, 5.41) is 16.1. The number of nitrogens with zero attached hydrogens (tertiary/aromatic N) is 1. The monoisotopic (exact) mass is 252 g/mol. The minimum absolute atomic E-state index is 0.0104. The molecule has 1 rings (SSSR count). The lowest BCUT2D eigenvalue weighted by Crippen LogP contribution is -2.06. The molecule has 4 N–H and O–H groups in total. The quantitative estimate of drug-likeness (QED) is 0.498. The van der Waals surface area contributed by atoms with E-state index in [9.17, 15) is 13.2 Å². The predicted octanol–water partition coefficient (Wildman–Crippen LogP) is -1.10. The molecule has 0 unspecified atom stereocenters. The van der Waals surface area contributed by atoms with E-state index in [4.69, 9.17) is 14.8 Å². The molecule has 1 heterocycles. The van der Waals surface area contributed by atoms with Gasteiger partial charge in [-0.25, -0.2) is 4.98 Å². The summed E-state index contributed by atoms with van der Waals surface area (Å²) in [5.41, 5.74) is 0.558. The largest absolute Gasteiger partial charge is 0.481 e. The van der Waals surface area contributed by atoms with E-state index in [0.29, 0.717) is 5.69 Å². The Balaban J connectivity index is 0.000000293. The Labute approximate surface area is 91.7 Å². The van der Waals surface area contributed by atoms with Crippen molar-refractivity contribution in [3.05, 3.63) is 18.2 Å². The maximum absolute atomic E-state index is 10.0. The van der Waals surface area contributed by atoms with Gasteiger partial charge >= 0.3 is 5.97 Å². The molecule has 0 atom stereocenters. The average Bonchev–Trinajstić information content (AvgIpc) is 2.54. The first-order valence-corrected chi connectivity index (χ1v) is 5.71. The van der Waals surface area contributed by atoms with Gasteiger partial charge < -0.3 is 15.2 Å². The van der Waals surface area contributed by atoms with Crippen LogP contribution in [0.3, 0.4) is 0 Å². The fourth-order valence-corrected chi connectivity index (χ4v) is 0.889. The van der Waals surface area contributed by atoms with Gasteiger partial charge in [-0.3, -0.25) is 9.35 Å². The van der Waals surface area contributed by atoms with Crippen molar-refractivity contribution in [3.63, 3.8) is 0 Å². The molecule has 0 aliphatic rings. The van der Waals surface area contributed by atoms with Gasteiger partial charge in [-0.2, -0.15) is 8.42 Å². The second-order valence-corrected chi connectivity index (χ2v) is 4.21. The van der Waals surface area contributed by atoms with Crippen LogP contribution in [0.1, 0.15) is 5.69 Å². The third-order valence-electron chi connectivity index (χ3n) is 1.24. The normalized spacial score (nSPS) is 10.4. The minimum atomic E-state index is -3.92. The van der Waals surface area contributed by atoms with E-state index in [1.54, 1.807) is 6.20 Å². The van der Waals surface area contributed by atoms with Crippen LogP contribution in [0, 0.1) is 0 Å². The molecule has 0 spiro atoms. The molecule has 0 amide bonds. The number of H-pyrrole nitrogens is 1. The number of nitrogens with one attached hydrogen (secondary N) is 1. The highest BCUT2D eigenvalue weighted by Gasteiger charge is 1.99. The average molecular weight is 252 g/mol. The predicted molar refractivity (Wildman–Crippen MR) is 53.4 cm³/mol. The lowest BCUT2D eigenvalue weighted by atomic mass is 10.3. The van der Waals surface area contributed by atoms with Crippen LogP contribution >= 0.6 is 0 Å². The summed E-state index contributed by atoms with van der Waals surface area (Å²) in [6.07, 6.45) is 3.01. The van der Waals surface area contributed by atoms with Crippen LogP contribution < -0.4 is 0 Å². The number of aliphatic carboxylic acids is 1. The molecule has 0 radical (unpaired) electrons. The number of aliphatic hydroxyl groups excluding tert-OH is 1. The van der Waals surface area contributed by atoms with Crippen molar-refractivity contribution in [1.29, 1.82) is 0 Å². The Bertz CT molecular complexity index is 399. The number of aliphatic hydroxyl groups is 1. The van der Waals surface area contributed by atoms with Crippen molar-refractivity contribution in [2.45, 2.75) is 6.42 Å². The van der Waals surface area contributed by atoms with Crippen molar-refractivity contribution >= 4 is 16.1 Å². The van der Waals surface area contributed by atoms with E-state index in [2.05, 4.69) is 9.97 Å². The highest BCUT2D eigenvalue weighted by atomic mass is 32.2. The van der Waals surface area contributed by atoms with Gasteiger partial charge in [0.1, 0.15) is 0 Å². The first-order chi connectivity index (χ1) is 7.35. The van der Waals surface area contributed by atoms with Crippen LogP contribution in [0.5, 0.6) is 0 Å². The van der Waals surface area contributed by atoms with Crippen LogP contribution in [-0.2, 0) is 21.3 Å². The fraction of sp³-hybridized carbons (Fsp3) is 0.429. The van der Waals surface area contributed by atoms with Crippen LogP contribution in [0.4, 0.5) is 0 Å². The molecule has 1 aromatic heterocycles. The smallest absolute Gasteiger partial charge is 0.309 e. The van der Waals surface area contributed by atoms with Crippen molar-refractivity contribution in [2.24, 2.45) is 0 Å². The van der Waals surface area contributed by atoms with Gasteiger partial charge in [-0.1, -0.05) is 0 Å². The van der Waals surface area contributed by atoms with Crippen LogP contribution in [0.15, 0.2) is 12.5 Å². The molecular formula is C7H12N2O6S. The number of carboxylic acid groups (broad SMARTS) is 1. The van der Waals surface area contributed by atoms with Crippen molar-refractivity contribution in [3.8, 4) is 0 Å². The van der Waals surface area contributed by atoms with E-state index in [0.717, 1.165) is 0 Å². The molecule has 92 valence electrons. The number of imidazole rings is 1. The standard InChI is InChI=1S/C5H6N2O2.C2H6O4S/c8-5(9)1-4-2-6-3-7-4;3-1-2-7(4,5)6/h2-3H,1H2,(H,6,7)(H,8,9);3H,1-2H2,(H,4,5,6). The lowest BCUT2D eigenvalue weighted by molar-refractivity contribution is -0.136. The van der Waals surface area contributed by atoms with Gasteiger partial charge in [0.05, 0.1) is 30.8 Å². The first-order valence-electron chi connectivity index (χ1n) is 4.10. The van der Waals surface area contributed by atoms with E-state index in [1.165, 1.54) is 6.33 Å². The minimum Gasteiger partial charge on any atom is -0.481 e. The summed E-state index contributed by atoms with van der Waals surface area (Å²) in [6.45, 7) is -0.529. The summed E-state index contributed by atoms with van der Waals surface area (Å²) in [6, 6.07) is 0. The molecule has 0 aromatic carbocycles. The Morgan fingerprint density at radius 2 is 2.12 bits per heavy atom. The number of rotatable bonds is 4. The zero-order valence-electron chi connectivity index (χ0n) is 8.20. The molecule has 0 fully saturated rings. The molecule has 0 saturated heterocycles. The van der Waals surface area contributed by atoms with E-state index < -0.39 is 28.4 Å². The molecule has 16 heavy (non-hydrogen) atoms. The highest BCUT2D eigenvalue weighted by Crippen LogP contribution is 1.90. The van der Waals surface area contributed by atoms with Gasteiger partial charge in [-0.15, -0.1) is 0 Å². The zero-order valence-corrected chi connectivity index (χ0v) is 9.01. The van der Waals surface area contributed by atoms with Crippen LogP contribution in [0.2, 0.25) is 0 Å². The fourth-order valence-electron chi connectivity index (χ4n) is 0.658. The summed E-state index contributed by atoms with van der Waals surface area (Å²) >= 11 is 0.